The number of nitrogens with zero attached hydrogens (tertiary/aromatic N) is 6. The van der Waals surface area contributed by atoms with Gasteiger partial charge in [-0.2, -0.15) is 22.7 Å². The zero-order valence-corrected chi connectivity index (χ0v) is 37.5. The normalized spacial score (nSPS) is 18.2. The van der Waals surface area contributed by atoms with Gasteiger partial charge in [0.2, 0.25) is 17.6 Å². The number of piperazine rings is 1. The molecule has 2 aliphatic carbocycles. The lowest BCUT2D eigenvalue weighted by molar-refractivity contribution is -0.137. The Bertz CT molecular complexity index is 2060. The topological polar surface area (TPSA) is 125 Å². The molecule has 3 aliphatic rings. The van der Waals surface area contributed by atoms with Crippen molar-refractivity contribution in [2.75, 3.05) is 36.4 Å². The predicted octanol–water partition coefficient (Wildman–Crippen LogP) is 10.2. The lowest BCUT2D eigenvalue weighted by Crippen LogP contribution is -2.51. The number of amides is 2. The molecule has 6 rings (SSSR count). The summed E-state index contributed by atoms with van der Waals surface area (Å²) in [6.07, 6.45) is 20.2. The standard InChI is InChI=1S/C47H67ClF3N7O4/c1-3-5-6-7-8-9-10-11-12-13-14-15-16-17-18-19-36(59)31-42(61)55-24-26-56(27-25-55)43-40(4-2)57(32-41(60)52-39-23-22-35(30-38(39)48)47(49,50)51)46-53-44(54-58(46)45(43)62)37-29-33-20-21-34(37)28-33/h22-23,29-30,33-34,36,59H,3-21,24-28,31-32H2,1-2H3,(H,52,60). The minimum Gasteiger partial charge on any atom is -0.393 e. The van der Waals surface area contributed by atoms with Crippen molar-refractivity contribution in [1.29, 1.82) is 0 Å². The van der Waals surface area contributed by atoms with Crippen molar-refractivity contribution in [1.82, 2.24) is 24.1 Å². The molecule has 342 valence electrons. The summed E-state index contributed by atoms with van der Waals surface area (Å²) in [5, 5.41) is 17.8. The molecule has 1 aromatic carbocycles. The highest BCUT2D eigenvalue weighted by atomic mass is 35.5. The van der Waals surface area contributed by atoms with Gasteiger partial charge in [0.15, 0.2) is 5.82 Å². The molecule has 11 nitrogen and oxygen atoms in total. The SMILES string of the molecule is CCCCCCCCCCCCCCCCCC(O)CC(=O)N1CCN(c2c(CC)n(CC(=O)Nc3ccc(C(F)(F)F)cc3Cl)c3nc(C4=CC5CCC4C5)nn3c2=O)CC1. The van der Waals surface area contributed by atoms with E-state index >= 15 is 0 Å². The molecule has 1 aliphatic heterocycles. The maximum atomic E-state index is 14.4. The van der Waals surface area contributed by atoms with Crippen LogP contribution in [0, 0.1) is 11.8 Å². The van der Waals surface area contributed by atoms with Gasteiger partial charge in [-0.3, -0.25) is 14.4 Å². The molecule has 2 aromatic heterocycles. The number of hydrogen-bond donors (Lipinski definition) is 2. The van der Waals surface area contributed by atoms with Crippen LogP contribution in [0.4, 0.5) is 24.5 Å². The molecule has 0 radical (unpaired) electrons. The van der Waals surface area contributed by atoms with Crippen molar-refractivity contribution >= 4 is 46.1 Å². The largest absolute Gasteiger partial charge is 0.416 e. The van der Waals surface area contributed by atoms with E-state index in [0.717, 1.165) is 62.3 Å². The molecule has 1 saturated carbocycles. The molecule has 0 spiro atoms. The Balaban J connectivity index is 1.03. The number of aliphatic hydroxyl groups excluding tert-OH is 1. The molecular formula is C47H67ClF3N7O4. The summed E-state index contributed by atoms with van der Waals surface area (Å²) in [5.74, 6) is 0.728. The Morgan fingerprint density at radius 2 is 1.53 bits per heavy atom. The summed E-state index contributed by atoms with van der Waals surface area (Å²) in [6, 6.07) is 2.74. The maximum Gasteiger partial charge on any atom is 0.416 e. The van der Waals surface area contributed by atoms with Gasteiger partial charge in [0, 0.05) is 26.2 Å². The van der Waals surface area contributed by atoms with Crippen LogP contribution < -0.4 is 15.8 Å². The molecule has 3 atom stereocenters. The van der Waals surface area contributed by atoms with E-state index in [1.165, 1.54) is 81.6 Å². The molecule has 62 heavy (non-hydrogen) atoms. The van der Waals surface area contributed by atoms with E-state index in [-0.39, 0.29) is 40.9 Å². The molecule has 2 bridgehead atoms. The third-order valence-electron chi connectivity index (χ3n) is 13.1. The number of carbonyl (C=O) groups is 2. The molecular weight excluding hydrogens is 819 g/mol. The van der Waals surface area contributed by atoms with Gasteiger partial charge in [0.05, 0.1) is 34.5 Å². The highest BCUT2D eigenvalue weighted by Gasteiger charge is 2.36. The van der Waals surface area contributed by atoms with Crippen LogP contribution in [0.5, 0.6) is 0 Å². The second-order valence-electron chi connectivity index (χ2n) is 17.8. The number of carbonyl (C=O) groups excluding carboxylic acids is 2. The third kappa shape index (κ3) is 12.4. The van der Waals surface area contributed by atoms with Crippen molar-refractivity contribution in [2.24, 2.45) is 11.8 Å². The van der Waals surface area contributed by atoms with Crippen LogP contribution in [-0.2, 0) is 28.7 Å². The van der Waals surface area contributed by atoms with Gasteiger partial charge < -0.3 is 24.8 Å². The lowest BCUT2D eigenvalue weighted by Gasteiger charge is -2.37. The number of nitrogens with one attached hydrogen (secondary N) is 1. The predicted molar refractivity (Wildman–Crippen MR) is 239 cm³/mol. The number of benzene rings is 1. The van der Waals surface area contributed by atoms with Crippen LogP contribution in [0.15, 0.2) is 29.1 Å². The van der Waals surface area contributed by atoms with Crippen LogP contribution in [0.25, 0.3) is 11.4 Å². The van der Waals surface area contributed by atoms with Crippen molar-refractivity contribution in [2.45, 2.75) is 168 Å². The van der Waals surface area contributed by atoms with E-state index in [2.05, 4.69) is 18.3 Å². The van der Waals surface area contributed by atoms with E-state index in [1.807, 2.05) is 11.8 Å². The van der Waals surface area contributed by atoms with Crippen molar-refractivity contribution in [3.63, 3.8) is 0 Å². The Morgan fingerprint density at radius 3 is 2.08 bits per heavy atom. The van der Waals surface area contributed by atoms with E-state index in [9.17, 15) is 32.7 Å². The molecule has 15 heteroatoms. The number of rotatable bonds is 24. The molecule has 3 aromatic rings. The van der Waals surface area contributed by atoms with E-state index < -0.39 is 23.8 Å². The average Bonchev–Trinajstić information content (AvgIpc) is 4.01. The number of halogens is 4. The van der Waals surface area contributed by atoms with Gasteiger partial charge in [-0.1, -0.05) is 128 Å². The lowest BCUT2D eigenvalue weighted by atomic mass is 9.98. The summed E-state index contributed by atoms with van der Waals surface area (Å²) in [6.45, 7) is 5.26. The number of aromatic nitrogens is 4. The van der Waals surface area contributed by atoms with E-state index in [1.54, 1.807) is 9.47 Å². The van der Waals surface area contributed by atoms with Crippen molar-refractivity contribution in [3.8, 4) is 0 Å². The van der Waals surface area contributed by atoms with Gasteiger partial charge in [-0.05, 0) is 67.7 Å². The summed E-state index contributed by atoms with van der Waals surface area (Å²) >= 11 is 6.18. The summed E-state index contributed by atoms with van der Waals surface area (Å²) < 4.78 is 42.8. The molecule has 1 saturated heterocycles. The average molecular weight is 887 g/mol. The number of unbranched alkanes of at least 4 members (excludes halogenated alkanes) is 14. The second-order valence-corrected chi connectivity index (χ2v) is 18.2. The highest BCUT2D eigenvalue weighted by Crippen LogP contribution is 2.47. The fourth-order valence-electron chi connectivity index (χ4n) is 9.64. The summed E-state index contributed by atoms with van der Waals surface area (Å²) in [4.78, 5) is 49.8. The van der Waals surface area contributed by atoms with Crippen LogP contribution in [0.2, 0.25) is 5.02 Å². The van der Waals surface area contributed by atoms with Crippen molar-refractivity contribution < 1.29 is 27.9 Å². The zero-order chi connectivity index (χ0) is 44.2. The van der Waals surface area contributed by atoms with E-state index in [4.69, 9.17) is 21.7 Å². The van der Waals surface area contributed by atoms with Crippen LogP contribution >= 0.6 is 11.6 Å². The first-order valence-electron chi connectivity index (χ1n) is 23.5. The third-order valence-corrected chi connectivity index (χ3v) is 13.4. The van der Waals surface area contributed by atoms with Gasteiger partial charge in [0.25, 0.3) is 5.56 Å². The first-order chi connectivity index (χ1) is 29.9. The first-order valence-corrected chi connectivity index (χ1v) is 23.9. The van der Waals surface area contributed by atoms with Gasteiger partial charge >= 0.3 is 6.18 Å². The summed E-state index contributed by atoms with van der Waals surface area (Å²) in [5.41, 5.74) is 0.635. The van der Waals surface area contributed by atoms with Gasteiger partial charge in [-0.15, -0.1) is 5.10 Å². The molecule has 2 amide bonds. The van der Waals surface area contributed by atoms with Crippen molar-refractivity contribution in [3.05, 3.63) is 56.7 Å². The number of allylic oxidation sites excluding steroid dienone is 2. The maximum absolute atomic E-state index is 14.4. The number of alkyl halides is 3. The second kappa shape index (κ2) is 22.6. The Morgan fingerprint density at radius 1 is 0.903 bits per heavy atom. The highest BCUT2D eigenvalue weighted by molar-refractivity contribution is 6.33. The zero-order valence-electron chi connectivity index (χ0n) is 36.8. The Kier molecular flexibility index (Phi) is 17.4. The number of fused-ring (bicyclic) bond motifs is 3. The molecule has 3 unspecified atom stereocenters. The van der Waals surface area contributed by atoms with Crippen LogP contribution in [-0.4, -0.2) is 73.3 Å². The first kappa shape index (κ1) is 47.6. The van der Waals surface area contributed by atoms with Gasteiger partial charge in [-0.25, -0.2) is 0 Å². The number of aliphatic hydroxyl groups is 1. The smallest absolute Gasteiger partial charge is 0.393 e. The fourth-order valence-corrected chi connectivity index (χ4v) is 9.87. The number of anilines is 2. The quantitative estimate of drug-likeness (QED) is 0.0859. The monoisotopic (exact) mass is 885 g/mol. The molecule has 2 fully saturated rings. The number of hydrogen-bond acceptors (Lipinski definition) is 7. The minimum atomic E-state index is -4.59. The molecule has 3 heterocycles. The fraction of sp³-hybridized carbons (Fsp3) is 0.681. The Labute approximate surface area is 369 Å². The summed E-state index contributed by atoms with van der Waals surface area (Å²) in [7, 11) is 0. The van der Waals surface area contributed by atoms with Gasteiger partial charge in [0.1, 0.15) is 12.2 Å². The Hall–Kier alpha value is -3.91. The van der Waals surface area contributed by atoms with Crippen LogP contribution in [0.1, 0.15) is 159 Å². The minimum absolute atomic E-state index is 0.0232. The van der Waals surface area contributed by atoms with E-state index in [0.29, 0.717) is 68.1 Å². The molecule has 2 N–H and O–H groups in total. The van der Waals surface area contributed by atoms with Crippen LogP contribution in [0.3, 0.4) is 0 Å².